The van der Waals surface area contributed by atoms with Gasteiger partial charge in [-0.05, 0) is 43.0 Å². The lowest BCUT2D eigenvalue weighted by Gasteiger charge is -2.24. The number of carboxylic acid groups (broad SMARTS) is 1. The van der Waals surface area contributed by atoms with Crippen molar-refractivity contribution in [1.82, 2.24) is 5.32 Å². The predicted octanol–water partition coefficient (Wildman–Crippen LogP) is 2.68. The Hall–Kier alpha value is -2.63. The molecule has 0 heterocycles. The molecule has 2 rings (SSSR count). The van der Waals surface area contributed by atoms with E-state index in [1.54, 1.807) is 30.3 Å². The van der Waals surface area contributed by atoms with E-state index in [9.17, 15) is 19.5 Å². The summed E-state index contributed by atoms with van der Waals surface area (Å²) < 4.78 is 0. The molecule has 1 aliphatic carbocycles. The highest BCUT2D eigenvalue weighted by atomic mass is 16.4. The van der Waals surface area contributed by atoms with Crippen LogP contribution in [0.5, 0.6) is 0 Å². The highest BCUT2D eigenvalue weighted by Crippen LogP contribution is 2.27. The molecule has 25 heavy (non-hydrogen) atoms. The van der Waals surface area contributed by atoms with E-state index < -0.39 is 17.8 Å². The van der Waals surface area contributed by atoms with Crippen molar-refractivity contribution in [2.24, 2.45) is 17.8 Å². The van der Waals surface area contributed by atoms with Crippen molar-refractivity contribution in [3.05, 3.63) is 42.0 Å². The molecular formula is C19H24N2O4. The van der Waals surface area contributed by atoms with Gasteiger partial charge < -0.3 is 15.7 Å². The second-order valence-electron chi connectivity index (χ2n) is 6.66. The number of carbonyl (C=O) groups is 3. The summed E-state index contributed by atoms with van der Waals surface area (Å²) >= 11 is 0. The number of allylic oxidation sites excluding steroid dienone is 2. The molecule has 6 heteroatoms. The summed E-state index contributed by atoms with van der Waals surface area (Å²) in [6.45, 7) is 4.64. The van der Waals surface area contributed by atoms with Crippen molar-refractivity contribution in [1.29, 1.82) is 0 Å². The first-order valence-corrected chi connectivity index (χ1v) is 8.45. The number of rotatable bonds is 6. The molecule has 1 aliphatic rings. The molecule has 2 amide bonds. The monoisotopic (exact) mass is 344 g/mol. The van der Waals surface area contributed by atoms with Gasteiger partial charge >= 0.3 is 5.97 Å². The first-order valence-electron chi connectivity index (χ1n) is 8.45. The number of hydrogen-bond donors (Lipinski definition) is 3. The van der Waals surface area contributed by atoms with E-state index in [0.29, 0.717) is 36.6 Å². The second kappa shape index (κ2) is 8.46. The standard InChI is InChI=1S/C19H24N2O4/c1-12(2)11-20-17(22)13-7-9-14(10-8-13)21-18(23)15-5-3-4-6-16(15)19(24)25/h3-4,7-10,12,15-16H,5-6,11H2,1-2H3,(H,20,22)(H,21,23)(H,24,25)/t15-,16+/m1/s1. The molecule has 0 aromatic heterocycles. The SMILES string of the molecule is CC(C)CNC(=O)c1ccc(NC(=O)[C@@H]2CC=CC[C@@H]2C(=O)O)cc1. The summed E-state index contributed by atoms with van der Waals surface area (Å²) in [5.41, 5.74) is 1.06. The first-order chi connectivity index (χ1) is 11.9. The van der Waals surface area contributed by atoms with Crippen LogP contribution in [0.1, 0.15) is 37.0 Å². The van der Waals surface area contributed by atoms with Crippen LogP contribution in [-0.2, 0) is 9.59 Å². The van der Waals surface area contributed by atoms with E-state index in [2.05, 4.69) is 10.6 Å². The van der Waals surface area contributed by atoms with Gasteiger partial charge in [0.1, 0.15) is 0 Å². The van der Waals surface area contributed by atoms with Gasteiger partial charge in [-0.1, -0.05) is 26.0 Å². The van der Waals surface area contributed by atoms with Gasteiger partial charge in [0.05, 0.1) is 11.8 Å². The number of nitrogens with one attached hydrogen (secondary N) is 2. The number of aliphatic carboxylic acids is 1. The van der Waals surface area contributed by atoms with E-state index in [4.69, 9.17) is 0 Å². The maximum Gasteiger partial charge on any atom is 0.307 e. The van der Waals surface area contributed by atoms with Crippen LogP contribution in [0.4, 0.5) is 5.69 Å². The second-order valence-corrected chi connectivity index (χ2v) is 6.66. The average molecular weight is 344 g/mol. The van der Waals surface area contributed by atoms with Gasteiger partial charge in [-0.2, -0.15) is 0 Å². The maximum atomic E-state index is 12.4. The van der Waals surface area contributed by atoms with Crippen LogP contribution in [0.2, 0.25) is 0 Å². The van der Waals surface area contributed by atoms with Crippen molar-refractivity contribution in [2.45, 2.75) is 26.7 Å². The highest BCUT2D eigenvalue weighted by Gasteiger charge is 2.33. The van der Waals surface area contributed by atoms with Gasteiger partial charge in [0, 0.05) is 17.8 Å². The van der Waals surface area contributed by atoms with Crippen LogP contribution in [0.25, 0.3) is 0 Å². The molecule has 134 valence electrons. The molecule has 6 nitrogen and oxygen atoms in total. The Morgan fingerprint density at radius 1 is 1.08 bits per heavy atom. The Morgan fingerprint density at radius 2 is 1.68 bits per heavy atom. The number of carboxylic acids is 1. The van der Waals surface area contributed by atoms with Gasteiger partial charge in [0.15, 0.2) is 0 Å². The van der Waals surface area contributed by atoms with Crippen molar-refractivity contribution in [2.75, 3.05) is 11.9 Å². The Morgan fingerprint density at radius 3 is 2.24 bits per heavy atom. The van der Waals surface area contributed by atoms with Gasteiger partial charge in [0.25, 0.3) is 5.91 Å². The van der Waals surface area contributed by atoms with Gasteiger partial charge in [-0.15, -0.1) is 0 Å². The molecular weight excluding hydrogens is 320 g/mol. The molecule has 0 bridgehead atoms. The number of amides is 2. The largest absolute Gasteiger partial charge is 0.481 e. The van der Waals surface area contributed by atoms with E-state index in [-0.39, 0.29) is 11.8 Å². The van der Waals surface area contributed by atoms with E-state index in [1.807, 2.05) is 19.9 Å². The minimum Gasteiger partial charge on any atom is -0.481 e. The molecule has 0 aliphatic heterocycles. The fraction of sp³-hybridized carbons (Fsp3) is 0.421. The zero-order valence-corrected chi connectivity index (χ0v) is 14.5. The highest BCUT2D eigenvalue weighted by molar-refractivity contribution is 5.97. The van der Waals surface area contributed by atoms with Crippen molar-refractivity contribution in [3.8, 4) is 0 Å². The smallest absolute Gasteiger partial charge is 0.307 e. The molecule has 0 saturated heterocycles. The normalized spacial score (nSPS) is 19.5. The third-order valence-corrected chi connectivity index (χ3v) is 4.17. The summed E-state index contributed by atoms with van der Waals surface area (Å²) in [5.74, 6) is -2.35. The molecule has 2 atom stereocenters. The number of benzene rings is 1. The minimum absolute atomic E-state index is 0.157. The van der Waals surface area contributed by atoms with E-state index in [0.717, 1.165) is 0 Å². The summed E-state index contributed by atoms with van der Waals surface area (Å²) in [7, 11) is 0. The molecule has 0 spiro atoms. The van der Waals surface area contributed by atoms with Crippen LogP contribution in [0.3, 0.4) is 0 Å². The van der Waals surface area contributed by atoms with E-state index in [1.165, 1.54) is 0 Å². The van der Waals surface area contributed by atoms with Crippen LogP contribution < -0.4 is 10.6 Å². The lowest BCUT2D eigenvalue weighted by atomic mass is 9.82. The molecule has 0 fully saturated rings. The first kappa shape index (κ1) is 18.7. The molecule has 3 N–H and O–H groups in total. The van der Waals surface area contributed by atoms with Crippen LogP contribution in [0.15, 0.2) is 36.4 Å². The number of carbonyl (C=O) groups excluding carboxylic acids is 2. The Labute approximate surface area is 147 Å². The summed E-state index contributed by atoms with van der Waals surface area (Å²) in [5, 5.41) is 14.8. The maximum absolute atomic E-state index is 12.4. The van der Waals surface area contributed by atoms with Gasteiger partial charge in [0.2, 0.25) is 5.91 Å². The fourth-order valence-corrected chi connectivity index (χ4v) is 2.72. The summed E-state index contributed by atoms with van der Waals surface area (Å²) in [6, 6.07) is 6.58. The van der Waals surface area contributed by atoms with Gasteiger partial charge in [-0.3, -0.25) is 14.4 Å². The average Bonchev–Trinajstić information content (AvgIpc) is 2.60. The van der Waals surface area contributed by atoms with Crippen LogP contribution >= 0.6 is 0 Å². The van der Waals surface area contributed by atoms with Crippen molar-refractivity contribution >= 4 is 23.5 Å². The Balaban J connectivity index is 1.98. The minimum atomic E-state index is -0.957. The topological polar surface area (TPSA) is 95.5 Å². The van der Waals surface area contributed by atoms with E-state index >= 15 is 0 Å². The fourth-order valence-electron chi connectivity index (χ4n) is 2.72. The third-order valence-electron chi connectivity index (χ3n) is 4.17. The Bertz CT molecular complexity index is 665. The Kier molecular flexibility index (Phi) is 6.33. The molecule has 0 unspecified atom stereocenters. The number of anilines is 1. The molecule has 0 radical (unpaired) electrons. The molecule has 1 aromatic rings. The third kappa shape index (κ3) is 5.17. The van der Waals surface area contributed by atoms with Crippen LogP contribution in [0, 0.1) is 17.8 Å². The quantitative estimate of drug-likeness (QED) is 0.691. The van der Waals surface area contributed by atoms with Crippen LogP contribution in [-0.4, -0.2) is 29.4 Å². The number of hydrogen-bond acceptors (Lipinski definition) is 3. The summed E-state index contributed by atoms with van der Waals surface area (Å²) in [4.78, 5) is 35.7. The predicted molar refractivity (Wildman–Crippen MR) is 95.2 cm³/mol. The lowest BCUT2D eigenvalue weighted by Crippen LogP contribution is -2.34. The summed E-state index contributed by atoms with van der Waals surface area (Å²) in [6.07, 6.45) is 4.42. The van der Waals surface area contributed by atoms with Crippen molar-refractivity contribution in [3.63, 3.8) is 0 Å². The molecule has 0 saturated carbocycles. The van der Waals surface area contributed by atoms with Gasteiger partial charge in [-0.25, -0.2) is 0 Å². The lowest BCUT2D eigenvalue weighted by molar-refractivity contribution is -0.146. The zero-order valence-electron chi connectivity index (χ0n) is 14.5. The molecule has 1 aromatic carbocycles. The van der Waals surface area contributed by atoms with Crippen molar-refractivity contribution < 1.29 is 19.5 Å². The zero-order chi connectivity index (χ0) is 18.4.